The lowest BCUT2D eigenvalue weighted by Crippen LogP contribution is -2.58. The number of nitrogens with one attached hydrogen (secondary N) is 3. The predicted molar refractivity (Wildman–Crippen MR) is 134 cm³/mol. The van der Waals surface area contributed by atoms with Gasteiger partial charge < -0.3 is 48.5 Å². The van der Waals surface area contributed by atoms with Crippen LogP contribution in [0, 0.1) is 0 Å². The average Bonchev–Trinajstić information content (AvgIpc) is 2.83. The number of aliphatic hydroxyl groups is 1. The molecular weight excluding hydrogens is 494 g/mol. The summed E-state index contributed by atoms with van der Waals surface area (Å²) in [5, 5.41) is 35.1. The van der Waals surface area contributed by atoms with Crippen LogP contribution in [0.1, 0.15) is 18.4 Å². The van der Waals surface area contributed by atoms with Crippen LogP contribution in [-0.2, 0) is 25.6 Å². The summed E-state index contributed by atoms with van der Waals surface area (Å²) >= 11 is 3.91. The highest BCUT2D eigenvalue weighted by atomic mass is 32.1. The summed E-state index contributed by atoms with van der Waals surface area (Å²) in [6.07, 6.45) is 0.273. The van der Waals surface area contributed by atoms with E-state index in [1.165, 1.54) is 24.3 Å². The number of hydrogen-bond donors (Lipinski definition) is 10. The van der Waals surface area contributed by atoms with Gasteiger partial charge in [0, 0.05) is 18.7 Å². The zero-order chi connectivity index (χ0) is 27.3. The highest BCUT2D eigenvalue weighted by molar-refractivity contribution is 7.80. The van der Waals surface area contributed by atoms with Crippen LogP contribution in [0.5, 0.6) is 5.75 Å². The highest BCUT2D eigenvalue weighted by Gasteiger charge is 2.30. The molecule has 4 atom stereocenters. The number of rotatable bonds is 15. The Morgan fingerprint density at radius 3 is 2.03 bits per heavy atom. The van der Waals surface area contributed by atoms with Gasteiger partial charge >= 0.3 is 5.97 Å². The van der Waals surface area contributed by atoms with E-state index < -0.39 is 54.5 Å². The molecule has 14 nitrogen and oxygen atoms in total. The summed E-state index contributed by atoms with van der Waals surface area (Å²) < 4.78 is 0. The number of nitrogens with zero attached hydrogens (tertiary/aromatic N) is 1. The topological polar surface area (TPSA) is 255 Å². The van der Waals surface area contributed by atoms with Crippen molar-refractivity contribution in [3.8, 4) is 5.75 Å². The molecule has 0 spiro atoms. The third kappa shape index (κ3) is 10.8. The van der Waals surface area contributed by atoms with Gasteiger partial charge in [-0.2, -0.15) is 12.6 Å². The van der Waals surface area contributed by atoms with E-state index in [9.17, 15) is 29.4 Å². The van der Waals surface area contributed by atoms with Crippen LogP contribution >= 0.6 is 12.6 Å². The molecule has 4 unspecified atom stereocenters. The van der Waals surface area contributed by atoms with E-state index in [2.05, 4.69) is 33.6 Å². The lowest BCUT2D eigenvalue weighted by atomic mass is 10.0. The van der Waals surface area contributed by atoms with Gasteiger partial charge in [0.05, 0.1) is 6.61 Å². The Balaban J connectivity index is 3.11. The molecule has 36 heavy (non-hydrogen) atoms. The van der Waals surface area contributed by atoms with Crippen molar-refractivity contribution < 1.29 is 34.5 Å². The minimum absolute atomic E-state index is 0.000717. The Morgan fingerprint density at radius 1 is 0.944 bits per heavy atom. The van der Waals surface area contributed by atoms with Gasteiger partial charge in [0.2, 0.25) is 17.7 Å². The SMILES string of the molecule is NC(N)=NCCCC(NC(=O)C(Cc1ccc(O)cc1)NC(=O)C(N)CO)C(=O)NC(CS)C(=O)O. The van der Waals surface area contributed by atoms with Crippen LogP contribution in [0.15, 0.2) is 29.3 Å². The number of nitrogens with two attached hydrogens (primary N) is 3. The van der Waals surface area contributed by atoms with Crippen LogP contribution in [0.3, 0.4) is 0 Å². The van der Waals surface area contributed by atoms with Gasteiger partial charge in [-0.05, 0) is 30.5 Å². The van der Waals surface area contributed by atoms with Crippen LogP contribution in [0.4, 0.5) is 0 Å². The normalized spacial score (nSPS) is 14.0. The summed E-state index contributed by atoms with van der Waals surface area (Å²) in [5.74, 6) is -3.99. The van der Waals surface area contributed by atoms with E-state index >= 15 is 0 Å². The number of benzene rings is 1. The van der Waals surface area contributed by atoms with Crippen LogP contribution in [0.2, 0.25) is 0 Å². The largest absolute Gasteiger partial charge is 0.508 e. The maximum atomic E-state index is 13.1. The standard InChI is InChI=1S/C21H33N7O7S/c22-13(9-29)17(31)27-15(8-11-3-5-12(30)6-4-11)19(33)26-14(2-1-7-25-21(23)24)18(32)28-16(10-36)20(34)35/h3-6,13-16,29-30,36H,1-2,7-10,22H2,(H,26,33)(H,27,31)(H,28,32)(H,34,35)(H4,23,24,25). The van der Waals surface area contributed by atoms with Crippen LogP contribution in [0.25, 0.3) is 0 Å². The fraction of sp³-hybridized carbons (Fsp3) is 0.476. The summed E-state index contributed by atoms with van der Waals surface area (Å²) in [4.78, 5) is 53.3. The molecule has 12 N–H and O–H groups in total. The number of guanidine groups is 1. The Labute approximate surface area is 213 Å². The van der Waals surface area contributed by atoms with Crippen molar-refractivity contribution in [1.29, 1.82) is 0 Å². The molecule has 15 heteroatoms. The maximum absolute atomic E-state index is 13.1. The number of carboxylic acid groups (broad SMARTS) is 1. The van der Waals surface area contributed by atoms with Crippen LogP contribution in [-0.4, -0.2) is 88.0 Å². The third-order valence-electron chi connectivity index (χ3n) is 4.92. The first-order valence-corrected chi connectivity index (χ1v) is 11.6. The second-order valence-electron chi connectivity index (χ2n) is 7.81. The van der Waals surface area contributed by atoms with Crippen molar-refractivity contribution in [3.63, 3.8) is 0 Å². The molecule has 0 aromatic heterocycles. The number of aliphatic imine (C=N–C) groups is 1. The summed E-state index contributed by atoms with van der Waals surface area (Å²) in [7, 11) is 0. The molecule has 1 aromatic carbocycles. The molecule has 200 valence electrons. The fourth-order valence-electron chi connectivity index (χ4n) is 2.94. The molecule has 1 aromatic rings. The predicted octanol–water partition coefficient (Wildman–Crippen LogP) is -3.22. The first-order chi connectivity index (χ1) is 17.0. The molecule has 0 saturated heterocycles. The lowest BCUT2D eigenvalue weighted by Gasteiger charge is -2.25. The van der Waals surface area contributed by atoms with Crippen molar-refractivity contribution >= 4 is 42.3 Å². The molecular formula is C21H33N7O7S. The van der Waals surface area contributed by atoms with Gasteiger partial charge in [-0.15, -0.1) is 0 Å². The number of aliphatic hydroxyl groups excluding tert-OH is 1. The van der Waals surface area contributed by atoms with Crippen molar-refractivity contribution in [2.75, 3.05) is 18.9 Å². The van der Waals surface area contributed by atoms with Crippen molar-refractivity contribution in [1.82, 2.24) is 16.0 Å². The monoisotopic (exact) mass is 527 g/mol. The number of amides is 3. The van der Waals surface area contributed by atoms with Gasteiger partial charge in [-0.1, -0.05) is 12.1 Å². The molecule has 0 aliphatic rings. The number of hydrogen-bond acceptors (Lipinski definition) is 9. The molecule has 0 heterocycles. The molecule has 0 bridgehead atoms. The van der Waals surface area contributed by atoms with E-state index in [0.29, 0.717) is 5.56 Å². The third-order valence-corrected chi connectivity index (χ3v) is 5.28. The van der Waals surface area contributed by atoms with E-state index in [0.717, 1.165) is 0 Å². The van der Waals surface area contributed by atoms with E-state index in [4.69, 9.17) is 22.3 Å². The Morgan fingerprint density at radius 2 is 1.50 bits per heavy atom. The Bertz CT molecular complexity index is 926. The van der Waals surface area contributed by atoms with Crippen molar-refractivity contribution in [2.24, 2.45) is 22.2 Å². The van der Waals surface area contributed by atoms with Gasteiger partial charge in [0.25, 0.3) is 0 Å². The number of aliphatic carboxylic acids is 1. The molecule has 0 fully saturated rings. The molecule has 1 rings (SSSR count). The minimum Gasteiger partial charge on any atom is -0.508 e. The second-order valence-corrected chi connectivity index (χ2v) is 8.18. The van der Waals surface area contributed by atoms with Crippen molar-refractivity contribution in [3.05, 3.63) is 29.8 Å². The van der Waals surface area contributed by atoms with E-state index in [1.54, 1.807) is 0 Å². The second kappa shape index (κ2) is 15.4. The average molecular weight is 528 g/mol. The molecule has 0 aliphatic heterocycles. The Hall–Kier alpha value is -3.56. The van der Waals surface area contributed by atoms with Crippen molar-refractivity contribution in [2.45, 2.75) is 43.4 Å². The maximum Gasteiger partial charge on any atom is 0.327 e. The summed E-state index contributed by atoms with van der Waals surface area (Å²) in [5.41, 5.74) is 16.7. The Kier molecular flexibility index (Phi) is 13.1. The minimum atomic E-state index is -1.31. The number of aromatic hydroxyl groups is 1. The van der Waals surface area contributed by atoms with Gasteiger partial charge in [0.15, 0.2) is 5.96 Å². The number of carbonyl (C=O) groups excluding carboxylic acids is 3. The van der Waals surface area contributed by atoms with E-state index in [1.807, 2.05) is 0 Å². The van der Waals surface area contributed by atoms with Crippen LogP contribution < -0.4 is 33.2 Å². The van der Waals surface area contributed by atoms with Gasteiger partial charge in [-0.25, -0.2) is 4.79 Å². The number of thiol groups is 1. The number of phenols is 1. The van der Waals surface area contributed by atoms with Gasteiger partial charge in [0.1, 0.15) is 29.9 Å². The number of carbonyl (C=O) groups is 4. The summed E-state index contributed by atoms with van der Waals surface area (Å²) in [6.45, 7) is -0.508. The lowest BCUT2D eigenvalue weighted by molar-refractivity contribution is -0.141. The first kappa shape index (κ1) is 30.5. The molecule has 0 radical (unpaired) electrons. The zero-order valence-electron chi connectivity index (χ0n) is 19.5. The molecule has 3 amide bonds. The summed E-state index contributed by atoms with van der Waals surface area (Å²) in [6, 6.07) is 0.879. The molecule has 0 aliphatic carbocycles. The molecule has 0 saturated carbocycles. The quantitative estimate of drug-likeness (QED) is 0.0472. The number of phenolic OH excluding ortho intramolecular Hbond substituents is 1. The smallest absolute Gasteiger partial charge is 0.327 e. The number of carboxylic acids is 1. The highest BCUT2D eigenvalue weighted by Crippen LogP contribution is 2.12. The van der Waals surface area contributed by atoms with Gasteiger partial charge in [-0.3, -0.25) is 19.4 Å². The fourth-order valence-corrected chi connectivity index (χ4v) is 3.19. The zero-order valence-corrected chi connectivity index (χ0v) is 20.4. The van der Waals surface area contributed by atoms with E-state index in [-0.39, 0.29) is 43.3 Å². The first-order valence-electron chi connectivity index (χ1n) is 10.9.